The van der Waals surface area contributed by atoms with Crippen LogP contribution < -0.4 is 0 Å². The van der Waals surface area contributed by atoms with Gasteiger partial charge < -0.3 is 10.2 Å². The number of halogens is 2. The van der Waals surface area contributed by atoms with Crippen LogP contribution in [0.5, 0.6) is 0 Å². The third kappa shape index (κ3) is 3.33. The molecule has 0 aromatic heterocycles. The van der Waals surface area contributed by atoms with Crippen LogP contribution in [0.4, 0.5) is 8.78 Å². The Morgan fingerprint density at radius 2 is 1.07 bits per heavy atom. The van der Waals surface area contributed by atoms with Crippen molar-refractivity contribution in [3.8, 4) is 0 Å². The second kappa shape index (κ2) is 9.76. The van der Waals surface area contributed by atoms with Gasteiger partial charge >= 0.3 is 11.9 Å². The Balaban J connectivity index is 1.83. The van der Waals surface area contributed by atoms with Gasteiger partial charge in [0.05, 0.1) is 11.1 Å². The summed E-state index contributed by atoms with van der Waals surface area (Å²) in [4.78, 5) is 49.2. The number of aliphatic carboxylic acids is 2. The maximum absolute atomic E-state index is 17.6. The molecule has 6 rings (SSSR count). The van der Waals surface area contributed by atoms with Gasteiger partial charge in [-0.25, -0.2) is 18.4 Å². The molecule has 10 nitrogen and oxygen atoms in total. The molecule has 0 spiro atoms. The van der Waals surface area contributed by atoms with E-state index < -0.39 is 81.7 Å². The van der Waals surface area contributed by atoms with Gasteiger partial charge in [0, 0.05) is 35.5 Å². The monoisotopic (exact) mass is 604 g/mol. The second-order valence-corrected chi connectivity index (χ2v) is 11.6. The van der Waals surface area contributed by atoms with Crippen molar-refractivity contribution >= 4 is 11.9 Å². The summed E-state index contributed by atoms with van der Waals surface area (Å²) in [5.41, 5.74) is -10.4. The molecule has 2 aromatic rings. The lowest BCUT2D eigenvalue weighted by molar-refractivity contribution is -0.601. The standard InChI is InChI=1S/C32H26F2N2O8/c33-25-17-21-5-1-3-7-23(21)31(25,29(35(41)42)13-9-19(10-14-29)27(37)38)32(24-8-4-2-6-22(24)18-26(32)34)30(36(43)44)15-11-20(12-16-30)28(39)40/h1-13,15,25-26H,14,16-18H2,(H,37,38)(H,39,40)/t25-,26-,29?,30?,31+,32+/m1/s1. The first-order chi connectivity index (χ1) is 20.9. The highest BCUT2D eigenvalue weighted by Crippen LogP contribution is 2.70. The van der Waals surface area contributed by atoms with E-state index in [1.165, 1.54) is 24.3 Å². The summed E-state index contributed by atoms with van der Waals surface area (Å²) in [5, 5.41) is 46.3. The molecule has 44 heavy (non-hydrogen) atoms. The molecule has 12 heteroatoms. The Morgan fingerprint density at radius 1 is 0.705 bits per heavy atom. The second-order valence-electron chi connectivity index (χ2n) is 11.6. The molecule has 0 amide bonds. The topological polar surface area (TPSA) is 161 Å². The number of fused-ring (bicyclic) bond motifs is 2. The Kier molecular flexibility index (Phi) is 6.45. The molecule has 0 aliphatic heterocycles. The van der Waals surface area contributed by atoms with E-state index in [2.05, 4.69) is 0 Å². The third-order valence-corrected chi connectivity index (χ3v) is 10.1. The summed E-state index contributed by atoms with van der Waals surface area (Å²) in [6.07, 6.45) is -0.733. The zero-order chi connectivity index (χ0) is 31.7. The van der Waals surface area contributed by atoms with Crippen LogP contribution in [0.25, 0.3) is 0 Å². The van der Waals surface area contributed by atoms with Crippen molar-refractivity contribution < 1.29 is 38.4 Å². The van der Waals surface area contributed by atoms with Gasteiger partial charge in [0.2, 0.25) is 0 Å². The summed E-state index contributed by atoms with van der Waals surface area (Å²) < 4.78 is 35.3. The SMILES string of the molecule is O=C(O)C1=CCC([N+](=O)[O-])([C@]2([C@@]3(C4([N+](=O)[O-])C=CC(C(=O)O)=CC4)c4ccccc4C[C@H]3F)c3ccccc3C[C@H]2F)C=C1. The van der Waals surface area contributed by atoms with E-state index in [0.717, 1.165) is 36.5 Å². The molecule has 0 saturated carbocycles. The molecule has 0 bridgehead atoms. The molecule has 0 heterocycles. The lowest BCUT2D eigenvalue weighted by Gasteiger charge is -2.58. The van der Waals surface area contributed by atoms with Gasteiger partial charge in [0.1, 0.15) is 23.2 Å². The molecule has 4 aliphatic rings. The third-order valence-electron chi connectivity index (χ3n) is 10.1. The number of hydrogen-bond acceptors (Lipinski definition) is 6. The van der Waals surface area contributed by atoms with Crippen LogP contribution >= 0.6 is 0 Å². The molecule has 226 valence electrons. The fourth-order valence-electron chi connectivity index (χ4n) is 8.53. The molecular formula is C32H26F2N2O8. The highest BCUT2D eigenvalue weighted by Gasteiger charge is 2.86. The number of nitrogens with zero attached hydrogens (tertiary/aromatic N) is 2. The Labute approximate surface area is 249 Å². The van der Waals surface area contributed by atoms with Gasteiger partial charge in [-0.15, -0.1) is 0 Å². The van der Waals surface area contributed by atoms with E-state index >= 15 is 8.78 Å². The lowest BCUT2D eigenvalue weighted by atomic mass is 9.41. The van der Waals surface area contributed by atoms with Crippen molar-refractivity contribution in [3.05, 3.63) is 139 Å². The Hall–Kier alpha value is -5.00. The zero-order valence-corrected chi connectivity index (χ0v) is 23.1. The average Bonchev–Trinajstić information content (AvgIpc) is 3.47. The lowest BCUT2D eigenvalue weighted by Crippen LogP contribution is -2.78. The number of hydrogen-bond donors (Lipinski definition) is 2. The number of carbonyl (C=O) groups is 2. The normalized spacial score (nSPS) is 33.6. The van der Waals surface area contributed by atoms with Crippen molar-refractivity contribution in [1.29, 1.82) is 0 Å². The van der Waals surface area contributed by atoms with Gasteiger partial charge in [-0.2, -0.15) is 0 Å². The van der Waals surface area contributed by atoms with Crippen molar-refractivity contribution in [2.75, 3.05) is 0 Å². The average molecular weight is 605 g/mol. The van der Waals surface area contributed by atoms with Gasteiger partial charge in [-0.1, -0.05) is 60.7 Å². The molecule has 0 saturated heterocycles. The molecule has 2 N–H and O–H groups in total. The number of nitro groups is 2. The van der Waals surface area contributed by atoms with Crippen LogP contribution in [0.1, 0.15) is 35.1 Å². The van der Waals surface area contributed by atoms with Gasteiger partial charge in [0.15, 0.2) is 0 Å². The maximum Gasteiger partial charge on any atom is 0.335 e. The highest BCUT2D eigenvalue weighted by atomic mass is 19.1. The fraction of sp³-hybridized carbons (Fsp3) is 0.312. The molecule has 0 radical (unpaired) electrons. The van der Waals surface area contributed by atoms with Crippen LogP contribution in [0, 0.1) is 20.2 Å². The molecular weight excluding hydrogens is 578 g/mol. The number of alkyl halides is 2. The number of carboxylic acid groups (broad SMARTS) is 2. The Morgan fingerprint density at radius 3 is 1.36 bits per heavy atom. The van der Waals surface area contributed by atoms with E-state index in [1.54, 1.807) is 24.3 Å². The quantitative estimate of drug-likeness (QED) is 0.342. The highest BCUT2D eigenvalue weighted by molar-refractivity contribution is 5.91. The Bertz CT molecular complexity index is 1640. The van der Waals surface area contributed by atoms with Crippen LogP contribution in [0.2, 0.25) is 0 Å². The minimum atomic E-state index is -2.62. The molecule has 4 aliphatic carbocycles. The first-order valence-corrected chi connectivity index (χ1v) is 13.9. The van der Waals surface area contributed by atoms with Crippen LogP contribution in [0.3, 0.4) is 0 Å². The van der Waals surface area contributed by atoms with E-state index in [1.807, 2.05) is 0 Å². The first-order valence-electron chi connectivity index (χ1n) is 13.9. The summed E-state index contributed by atoms with van der Waals surface area (Å²) in [7, 11) is 0. The fourth-order valence-corrected chi connectivity index (χ4v) is 8.53. The van der Waals surface area contributed by atoms with Crippen molar-refractivity contribution in [3.63, 3.8) is 0 Å². The van der Waals surface area contributed by atoms with Gasteiger partial charge in [0.25, 0.3) is 11.1 Å². The number of benzene rings is 2. The minimum absolute atomic E-state index is 0.0167. The zero-order valence-electron chi connectivity index (χ0n) is 23.1. The van der Waals surface area contributed by atoms with Gasteiger partial charge in [-0.3, -0.25) is 20.2 Å². The van der Waals surface area contributed by atoms with Crippen LogP contribution in [-0.4, -0.2) is 55.4 Å². The summed E-state index contributed by atoms with van der Waals surface area (Å²) >= 11 is 0. The summed E-state index contributed by atoms with van der Waals surface area (Å²) in [6, 6.07) is 12.1. The van der Waals surface area contributed by atoms with Crippen molar-refractivity contribution in [2.45, 2.75) is 59.9 Å². The van der Waals surface area contributed by atoms with Crippen molar-refractivity contribution in [1.82, 2.24) is 0 Å². The smallest absolute Gasteiger partial charge is 0.335 e. The minimum Gasteiger partial charge on any atom is -0.478 e. The molecule has 2 aromatic carbocycles. The number of carboxylic acids is 2. The molecule has 0 fully saturated rings. The maximum atomic E-state index is 17.6. The summed E-state index contributed by atoms with van der Waals surface area (Å²) in [5.74, 6) is -2.77. The molecule has 6 atom stereocenters. The predicted octanol–water partition coefficient (Wildman–Crippen LogP) is 4.62. The van der Waals surface area contributed by atoms with E-state index in [0.29, 0.717) is 11.1 Å². The number of rotatable bonds is 7. The largest absolute Gasteiger partial charge is 0.478 e. The van der Waals surface area contributed by atoms with E-state index in [9.17, 15) is 40.0 Å². The molecule has 2 unspecified atom stereocenters. The van der Waals surface area contributed by atoms with E-state index in [-0.39, 0.29) is 22.3 Å². The summed E-state index contributed by atoms with van der Waals surface area (Å²) in [6.45, 7) is 0. The predicted molar refractivity (Wildman–Crippen MR) is 152 cm³/mol. The van der Waals surface area contributed by atoms with Crippen LogP contribution in [-0.2, 0) is 33.3 Å². The van der Waals surface area contributed by atoms with Crippen molar-refractivity contribution in [2.24, 2.45) is 0 Å². The van der Waals surface area contributed by atoms with E-state index in [4.69, 9.17) is 0 Å². The first kappa shape index (κ1) is 29.1. The van der Waals surface area contributed by atoms with Crippen LogP contribution in [0.15, 0.2) is 96.1 Å². The van der Waals surface area contributed by atoms with Gasteiger partial charge in [-0.05, 0) is 46.6 Å².